The Labute approximate surface area is 164 Å². The maximum Gasteiger partial charge on any atom is 0.312 e. The first-order chi connectivity index (χ1) is 13.3. The van der Waals surface area contributed by atoms with Gasteiger partial charge in [-0.25, -0.2) is 8.42 Å². The van der Waals surface area contributed by atoms with Crippen LogP contribution < -0.4 is 10.1 Å². The van der Waals surface area contributed by atoms with Crippen LogP contribution in [0.1, 0.15) is 45.4 Å². The van der Waals surface area contributed by atoms with Crippen LogP contribution in [-0.4, -0.2) is 48.8 Å². The quantitative estimate of drug-likeness (QED) is 0.543. The first-order valence-electron chi connectivity index (χ1n) is 9.54. The molecule has 0 aromatic heterocycles. The van der Waals surface area contributed by atoms with Crippen LogP contribution in [0.15, 0.2) is 23.1 Å². The molecule has 1 saturated heterocycles. The largest absolute Gasteiger partial charge is 0.474 e. The molecule has 28 heavy (non-hydrogen) atoms. The highest BCUT2D eigenvalue weighted by Gasteiger charge is 2.31. The minimum atomic E-state index is -3.78. The van der Waals surface area contributed by atoms with Crippen LogP contribution in [-0.2, 0) is 14.8 Å². The predicted molar refractivity (Wildman–Crippen MR) is 102 cm³/mol. The van der Waals surface area contributed by atoms with Crippen molar-refractivity contribution in [1.82, 2.24) is 9.62 Å². The number of carbonyl (C=O) groups excluding carboxylic acids is 1. The molecule has 1 aliphatic carbocycles. The summed E-state index contributed by atoms with van der Waals surface area (Å²) in [5.41, 5.74) is -0.471. The van der Waals surface area contributed by atoms with Crippen LogP contribution in [0.5, 0.6) is 5.75 Å². The number of nitrogens with zero attached hydrogens (tertiary/aromatic N) is 2. The highest BCUT2D eigenvalue weighted by Crippen LogP contribution is 2.32. The average Bonchev–Trinajstić information content (AvgIpc) is 3.35. The molecule has 1 atom stereocenters. The lowest BCUT2D eigenvalue weighted by molar-refractivity contribution is -0.386. The van der Waals surface area contributed by atoms with E-state index in [1.807, 2.05) is 0 Å². The molecule has 0 radical (unpaired) electrons. The Morgan fingerprint density at radius 3 is 2.50 bits per heavy atom. The molecule has 1 amide bonds. The van der Waals surface area contributed by atoms with E-state index >= 15 is 0 Å². The second-order valence-electron chi connectivity index (χ2n) is 7.25. The summed E-state index contributed by atoms with van der Waals surface area (Å²) < 4.78 is 32.1. The summed E-state index contributed by atoms with van der Waals surface area (Å²) in [6, 6.07) is 3.66. The van der Waals surface area contributed by atoms with E-state index < -0.39 is 26.7 Å². The van der Waals surface area contributed by atoms with Gasteiger partial charge in [-0.2, -0.15) is 4.31 Å². The van der Waals surface area contributed by atoms with Gasteiger partial charge in [-0.3, -0.25) is 14.9 Å². The minimum absolute atomic E-state index is 0.113. The summed E-state index contributed by atoms with van der Waals surface area (Å²) in [6.45, 7) is 2.34. The van der Waals surface area contributed by atoms with Crippen molar-refractivity contribution in [1.29, 1.82) is 0 Å². The van der Waals surface area contributed by atoms with E-state index in [9.17, 15) is 23.3 Å². The number of rotatable bonds is 7. The van der Waals surface area contributed by atoms with E-state index in [2.05, 4.69) is 5.32 Å². The second-order valence-corrected chi connectivity index (χ2v) is 9.19. The Hall–Kier alpha value is -2.20. The zero-order valence-electron chi connectivity index (χ0n) is 15.8. The number of carbonyl (C=O) groups is 1. The molecular weight excluding hydrogens is 386 g/mol. The third-order valence-corrected chi connectivity index (χ3v) is 7.10. The lowest BCUT2D eigenvalue weighted by atomic mass is 10.2. The summed E-state index contributed by atoms with van der Waals surface area (Å²) in [4.78, 5) is 22.9. The predicted octanol–water partition coefficient (Wildman–Crippen LogP) is 2.21. The van der Waals surface area contributed by atoms with E-state index in [-0.39, 0.29) is 22.6 Å². The molecule has 2 fully saturated rings. The monoisotopic (exact) mass is 411 g/mol. The van der Waals surface area contributed by atoms with Gasteiger partial charge in [-0.15, -0.1) is 0 Å². The highest BCUT2D eigenvalue weighted by atomic mass is 32.2. The van der Waals surface area contributed by atoms with Crippen LogP contribution in [0.25, 0.3) is 0 Å². The van der Waals surface area contributed by atoms with E-state index in [1.165, 1.54) is 23.4 Å². The second kappa shape index (κ2) is 8.44. The molecule has 3 rings (SSSR count). The fraction of sp³-hybridized carbons (Fsp3) is 0.611. The Morgan fingerprint density at radius 1 is 1.25 bits per heavy atom. The molecule has 154 valence electrons. The van der Waals surface area contributed by atoms with Crippen molar-refractivity contribution in [2.75, 3.05) is 13.1 Å². The lowest BCUT2D eigenvalue weighted by Gasteiger charge is -2.19. The summed E-state index contributed by atoms with van der Waals surface area (Å²) >= 11 is 0. The first-order valence-corrected chi connectivity index (χ1v) is 11.0. The Kier molecular flexibility index (Phi) is 6.19. The molecule has 1 N–H and O–H groups in total. The lowest BCUT2D eigenvalue weighted by Crippen LogP contribution is -2.41. The number of hydrogen-bond acceptors (Lipinski definition) is 6. The molecule has 1 aliphatic heterocycles. The van der Waals surface area contributed by atoms with Gasteiger partial charge in [0.15, 0.2) is 11.9 Å². The van der Waals surface area contributed by atoms with Crippen molar-refractivity contribution in [3.63, 3.8) is 0 Å². The molecule has 1 aromatic rings. The Morgan fingerprint density at radius 2 is 1.89 bits per heavy atom. The maximum atomic E-state index is 12.6. The van der Waals surface area contributed by atoms with Crippen molar-refractivity contribution in [2.45, 2.75) is 62.5 Å². The third-order valence-electron chi connectivity index (χ3n) is 5.20. The molecular formula is C18H25N3O6S. The fourth-order valence-corrected chi connectivity index (χ4v) is 5.15. The number of nitro groups is 1. The molecule has 0 bridgehead atoms. The molecule has 0 spiro atoms. The highest BCUT2D eigenvalue weighted by molar-refractivity contribution is 7.89. The average molecular weight is 411 g/mol. The number of nitro benzene ring substituents is 1. The van der Waals surface area contributed by atoms with Crippen LogP contribution in [0.2, 0.25) is 0 Å². The normalized spacial score (nSPS) is 19.5. The first kappa shape index (κ1) is 20.5. The minimum Gasteiger partial charge on any atom is -0.474 e. The number of amides is 1. The third kappa shape index (κ3) is 4.44. The number of ether oxygens (including phenoxy) is 1. The summed E-state index contributed by atoms with van der Waals surface area (Å²) in [6.07, 6.45) is 4.59. The summed E-state index contributed by atoms with van der Waals surface area (Å²) in [7, 11) is -3.78. The molecule has 10 heteroatoms. The Balaban J connectivity index is 1.77. The van der Waals surface area contributed by atoms with Gasteiger partial charge >= 0.3 is 5.69 Å². The molecule has 2 aliphatic rings. The number of nitrogens with one attached hydrogen (secondary N) is 1. The standard InChI is InChI=1S/C18H25N3O6S/c1-13(18(22)19-14-6-2-3-7-14)27-17-9-8-15(12-16(17)21(23)24)28(25,26)20-10-4-5-11-20/h8-9,12-14H,2-7,10-11H2,1H3,(H,19,22)/t13-/m0/s1. The van der Waals surface area contributed by atoms with Gasteiger partial charge in [-0.1, -0.05) is 12.8 Å². The molecule has 9 nitrogen and oxygen atoms in total. The van der Waals surface area contributed by atoms with E-state index in [4.69, 9.17) is 4.74 Å². The smallest absolute Gasteiger partial charge is 0.312 e. The van der Waals surface area contributed by atoms with Gasteiger partial charge in [-0.05, 0) is 44.7 Å². The Bertz CT molecular complexity index is 845. The zero-order chi connectivity index (χ0) is 20.3. The van der Waals surface area contributed by atoms with Crippen molar-refractivity contribution >= 4 is 21.6 Å². The molecule has 1 saturated carbocycles. The van der Waals surface area contributed by atoms with Crippen LogP contribution in [0.4, 0.5) is 5.69 Å². The number of hydrogen-bond donors (Lipinski definition) is 1. The van der Waals surface area contributed by atoms with E-state index in [1.54, 1.807) is 0 Å². The van der Waals surface area contributed by atoms with Crippen LogP contribution in [0.3, 0.4) is 0 Å². The topological polar surface area (TPSA) is 119 Å². The van der Waals surface area contributed by atoms with Crippen LogP contribution >= 0.6 is 0 Å². The fourth-order valence-electron chi connectivity index (χ4n) is 3.61. The van der Waals surface area contributed by atoms with Crippen molar-refractivity contribution in [2.24, 2.45) is 0 Å². The van der Waals surface area contributed by atoms with Gasteiger partial charge in [0.05, 0.1) is 9.82 Å². The van der Waals surface area contributed by atoms with E-state index in [0.29, 0.717) is 13.1 Å². The van der Waals surface area contributed by atoms with Crippen LogP contribution in [0, 0.1) is 10.1 Å². The maximum absolute atomic E-state index is 12.6. The summed E-state index contributed by atoms with van der Waals surface area (Å²) in [5.74, 6) is -0.464. The van der Waals surface area contributed by atoms with Gasteiger partial charge in [0.25, 0.3) is 5.91 Å². The molecule has 0 unspecified atom stereocenters. The van der Waals surface area contributed by atoms with Gasteiger partial charge in [0.1, 0.15) is 0 Å². The van der Waals surface area contributed by atoms with Gasteiger partial charge < -0.3 is 10.1 Å². The number of benzene rings is 1. The SMILES string of the molecule is C[C@H](Oc1ccc(S(=O)(=O)N2CCCC2)cc1[N+](=O)[O-])C(=O)NC1CCCC1. The zero-order valence-corrected chi connectivity index (χ0v) is 16.6. The van der Waals surface area contributed by atoms with Crippen molar-refractivity contribution < 1.29 is 22.9 Å². The van der Waals surface area contributed by atoms with E-state index in [0.717, 1.165) is 44.6 Å². The van der Waals surface area contributed by atoms with Crippen molar-refractivity contribution in [3.05, 3.63) is 28.3 Å². The van der Waals surface area contributed by atoms with Gasteiger partial charge in [0.2, 0.25) is 10.0 Å². The van der Waals surface area contributed by atoms with Crippen molar-refractivity contribution in [3.8, 4) is 5.75 Å². The van der Waals surface area contributed by atoms with Gasteiger partial charge in [0, 0.05) is 25.2 Å². The molecule has 1 aromatic carbocycles. The summed E-state index contributed by atoms with van der Waals surface area (Å²) in [5, 5.41) is 14.4. The molecule has 1 heterocycles. The number of sulfonamides is 1.